The third kappa shape index (κ3) is 0.956. The molecule has 2 atom stereocenters. The van der Waals surface area contributed by atoms with E-state index in [1.54, 1.807) is 0 Å². The van der Waals surface area contributed by atoms with Gasteiger partial charge in [0.15, 0.2) is 0 Å². The maximum absolute atomic E-state index is 11.9. The molecule has 1 aliphatic rings. The third-order valence-corrected chi connectivity index (χ3v) is 1.36. The Morgan fingerprint density at radius 3 is 1.88 bits per heavy atom. The highest BCUT2D eigenvalue weighted by Gasteiger charge is 2.52. The Kier molecular flexibility index (Phi) is 1.03. The van der Waals surface area contributed by atoms with E-state index in [2.05, 4.69) is 0 Å². The van der Waals surface area contributed by atoms with Gasteiger partial charge < -0.3 is 0 Å². The van der Waals surface area contributed by atoms with Crippen molar-refractivity contribution in [2.75, 3.05) is 0 Å². The molecule has 0 amide bonds. The lowest BCUT2D eigenvalue weighted by Gasteiger charge is -2.05. The topological polar surface area (TPSA) is 0 Å². The van der Waals surface area contributed by atoms with Crippen molar-refractivity contribution in [3.63, 3.8) is 0 Å². The highest BCUT2D eigenvalue weighted by Crippen LogP contribution is 2.45. The molecular weight excluding hydrogens is 117 g/mol. The van der Waals surface area contributed by atoms with Gasteiger partial charge in [-0.2, -0.15) is 0 Å². The van der Waals surface area contributed by atoms with Crippen molar-refractivity contribution in [3.05, 3.63) is 0 Å². The molecule has 0 aromatic rings. The van der Waals surface area contributed by atoms with Gasteiger partial charge in [-0.1, -0.05) is 0 Å². The summed E-state index contributed by atoms with van der Waals surface area (Å²) in [7, 11) is 0. The van der Waals surface area contributed by atoms with Gasteiger partial charge in [-0.25, -0.2) is 13.2 Å². The van der Waals surface area contributed by atoms with Gasteiger partial charge in [0.05, 0.1) is 5.92 Å². The summed E-state index contributed by atoms with van der Waals surface area (Å²) in [5.74, 6) is -3.78. The Hall–Kier alpha value is -0.210. The molecule has 1 rings (SSSR count). The molecule has 0 spiro atoms. The van der Waals surface area contributed by atoms with Crippen molar-refractivity contribution in [1.29, 1.82) is 0 Å². The summed E-state index contributed by atoms with van der Waals surface area (Å²) in [4.78, 5) is 0. The molecule has 0 aromatic heterocycles. The SMILES string of the molecule is CC(F)(F)C1C[C@@H]1F. The second-order valence-electron chi connectivity index (χ2n) is 2.31. The lowest BCUT2D eigenvalue weighted by molar-refractivity contribution is -0.00929. The minimum Gasteiger partial charge on any atom is -0.247 e. The summed E-state index contributed by atoms with van der Waals surface area (Å²) in [5.41, 5.74) is 0. The fraction of sp³-hybridized carbons (Fsp3) is 1.00. The van der Waals surface area contributed by atoms with Crippen LogP contribution in [0.4, 0.5) is 13.2 Å². The van der Waals surface area contributed by atoms with Crippen LogP contribution in [0.15, 0.2) is 0 Å². The van der Waals surface area contributed by atoms with Crippen LogP contribution in [0.25, 0.3) is 0 Å². The van der Waals surface area contributed by atoms with Crippen LogP contribution >= 0.6 is 0 Å². The zero-order valence-electron chi connectivity index (χ0n) is 4.50. The van der Waals surface area contributed by atoms with E-state index in [4.69, 9.17) is 0 Å². The van der Waals surface area contributed by atoms with Crippen molar-refractivity contribution in [2.45, 2.75) is 25.4 Å². The molecule has 0 nitrogen and oxygen atoms in total. The minimum atomic E-state index is -2.79. The van der Waals surface area contributed by atoms with E-state index in [0.717, 1.165) is 6.92 Å². The number of alkyl halides is 3. The van der Waals surface area contributed by atoms with E-state index in [0.29, 0.717) is 0 Å². The number of halogens is 3. The summed E-state index contributed by atoms with van der Waals surface area (Å²) < 4.78 is 35.6. The smallest absolute Gasteiger partial charge is 0.247 e. The predicted octanol–water partition coefficient (Wildman–Crippen LogP) is 2.00. The first kappa shape index (κ1) is 5.92. The van der Waals surface area contributed by atoms with Gasteiger partial charge in [0.25, 0.3) is 5.92 Å². The molecule has 1 fully saturated rings. The summed E-state index contributed by atoms with van der Waals surface area (Å²) in [6.07, 6.45) is -1.20. The Morgan fingerprint density at radius 1 is 1.50 bits per heavy atom. The van der Waals surface area contributed by atoms with Gasteiger partial charge >= 0.3 is 0 Å². The molecule has 1 aliphatic carbocycles. The van der Waals surface area contributed by atoms with Gasteiger partial charge in [-0.3, -0.25) is 0 Å². The Morgan fingerprint density at radius 2 is 1.88 bits per heavy atom. The maximum Gasteiger partial charge on any atom is 0.251 e. The molecule has 0 radical (unpaired) electrons. The summed E-state index contributed by atoms with van der Waals surface area (Å²) >= 11 is 0. The first-order chi connectivity index (χ1) is 3.52. The minimum absolute atomic E-state index is 0.0451. The van der Waals surface area contributed by atoms with E-state index in [9.17, 15) is 13.2 Å². The summed E-state index contributed by atoms with van der Waals surface area (Å²) in [6, 6.07) is 0. The molecule has 0 bridgehead atoms. The van der Waals surface area contributed by atoms with Crippen molar-refractivity contribution in [2.24, 2.45) is 5.92 Å². The lowest BCUT2D eigenvalue weighted by atomic mass is 10.2. The molecule has 8 heavy (non-hydrogen) atoms. The highest BCUT2D eigenvalue weighted by atomic mass is 19.3. The Bertz CT molecular complexity index is 94.3. The standard InChI is InChI=1S/C5H7F3/c1-5(7,8)3-2-4(3)6/h3-4H,2H2,1H3/t3?,4-/m0/s1. The maximum atomic E-state index is 11.9. The van der Waals surface area contributed by atoms with E-state index in [1.165, 1.54) is 0 Å². The van der Waals surface area contributed by atoms with E-state index in [1.807, 2.05) is 0 Å². The van der Waals surface area contributed by atoms with Gasteiger partial charge in [0, 0.05) is 0 Å². The molecule has 0 heterocycles. The first-order valence-corrected chi connectivity index (χ1v) is 2.53. The van der Waals surface area contributed by atoms with Crippen LogP contribution in [0.3, 0.4) is 0 Å². The quantitative estimate of drug-likeness (QED) is 0.501. The normalized spacial score (nSPS) is 37.5. The van der Waals surface area contributed by atoms with Crippen molar-refractivity contribution >= 4 is 0 Å². The third-order valence-electron chi connectivity index (χ3n) is 1.36. The number of hydrogen-bond donors (Lipinski definition) is 0. The van der Waals surface area contributed by atoms with Gasteiger partial charge in [0.1, 0.15) is 6.17 Å². The average molecular weight is 124 g/mol. The Balaban J connectivity index is 2.39. The van der Waals surface area contributed by atoms with Crippen LogP contribution in [0.2, 0.25) is 0 Å². The first-order valence-electron chi connectivity index (χ1n) is 2.53. The zero-order chi connectivity index (χ0) is 6.36. The molecule has 3 heteroatoms. The molecular formula is C5H7F3. The Labute approximate surface area is 45.7 Å². The zero-order valence-corrected chi connectivity index (χ0v) is 4.50. The molecule has 0 N–H and O–H groups in total. The molecule has 1 unspecified atom stereocenters. The fourth-order valence-electron chi connectivity index (χ4n) is 0.689. The van der Waals surface area contributed by atoms with Crippen molar-refractivity contribution < 1.29 is 13.2 Å². The second kappa shape index (κ2) is 1.39. The molecule has 0 aromatic carbocycles. The van der Waals surface area contributed by atoms with Crippen LogP contribution < -0.4 is 0 Å². The molecule has 0 aliphatic heterocycles. The summed E-state index contributed by atoms with van der Waals surface area (Å²) in [5, 5.41) is 0. The van der Waals surface area contributed by atoms with E-state index in [-0.39, 0.29) is 6.42 Å². The van der Waals surface area contributed by atoms with Crippen molar-refractivity contribution in [1.82, 2.24) is 0 Å². The van der Waals surface area contributed by atoms with E-state index < -0.39 is 18.0 Å². The monoisotopic (exact) mass is 124 g/mol. The van der Waals surface area contributed by atoms with Crippen LogP contribution in [-0.2, 0) is 0 Å². The molecule has 1 saturated carbocycles. The van der Waals surface area contributed by atoms with Gasteiger partial charge in [0.2, 0.25) is 0 Å². The molecule has 0 saturated heterocycles. The van der Waals surface area contributed by atoms with E-state index >= 15 is 0 Å². The number of rotatable bonds is 1. The molecule has 48 valence electrons. The largest absolute Gasteiger partial charge is 0.251 e. The lowest BCUT2D eigenvalue weighted by Crippen LogP contribution is -2.13. The number of hydrogen-bond acceptors (Lipinski definition) is 0. The summed E-state index contributed by atoms with van der Waals surface area (Å²) in [6.45, 7) is 0.761. The van der Waals surface area contributed by atoms with Crippen LogP contribution in [0.1, 0.15) is 13.3 Å². The van der Waals surface area contributed by atoms with Gasteiger partial charge in [-0.05, 0) is 13.3 Å². The fourth-order valence-corrected chi connectivity index (χ4v) is 0.689. The van der Waals surface area contributed by atoms with Gasteiger partial charge in [-0.15, -0.1) is 0 Å². The second-order valence-corrected chi connectivity index (χ2v) is 2.31. The van der Waals surface area contributed by atoms with Crippen LogP contribution in [-0.4, -0.2) is 12.1 Å². The van der Waals surface area contributed by atoms with Crippen LogP contribution in [0, 0.1) is 5.92 Å². The predicted molar refractivity (Wildman–Crippen MR) is 23.6 cm³/mol. The average Bonchev–Trinajstić information content (AvgIpc) is 2.13. The highest BCUT2D eigenvalue weighted by molar-refractivity contribution is 4.94. The van der Waals surface area contributed by atoms with Crippen LogP contribution in [0.5, 0.6) is 0 Å². The van der Waals surface area contributed by atoms with Crippen molar-refractivity contribution in [3.8, 4) is 0 Å².